The third kappa shape index (κ3) is 5.67. The Morgan fingerprint density at radius 3 is 2.59 bits per heavy atom. The van der Waals surface area contributed by atoms with Gasteiger partial charge >= 0.3 is 5.97 Å². The van der Waals surface area contributed by atoms with Crippen LogP contribution >= 0.6 is 15.9 Å². The molecule has 1 N–H and O–H groups in total. The molecule has 3 rings (SSSR count). The molecule has 2 amide bonds. The predicted octanol–water partition coefficient (Wildman–Crippen LogP) is 3.61. The first-order valence-electron chi connectivity index (χ1n) is 9.46. The Balaban J connectivity index is 1.70. The molecule has 0 aliphatic carbocycles. The molecule has 2 aromatic carbocycles. The highest BCUT2D eigenvalue weighted by Gasteiger charge is 2.21. The number of halogens is 1. The molecule has 1 heterocycles. The summed E-state index contributed by atoms with van der Waals surface area (Å²) in [5.74, 6) is -0.505. The number of nitrogens with zero attached hydrogens (tertiary/aromatic N) is 1. The van der Waals surface area contributed by atoms with Crippen LogP contribution in [0, 0.1) is 0 Å². The number of carbonyl (C=O) groups excluding carboxylic acids is 3. The summed E-state index contributed by atoms with van der Waals surface area (Å²) >= 11 is 3.42. The van der Waals surface area contributed by atoms with E-state index in [1.165, 1.54) is 7.11 Å². The lowest BCUT2D eigenvalue weighted by atomic mass is 10.0. The highest BCUT2D eigenvalue weighted by molar-refractivity contribution is 9.10. The Labute approximate surface area is 178 Å². The molecule has 0 aromatic heterocycles. The van der Waals surface area contributed by atoms with E-state index in [2.05, 4.69) is 21.2 Å². The van der Waals surface area contributed by atoms with Crippen molar-refractivity contribution in [3.63, 3.8) is 0 Å². The van der Waals surface area contributed by atoms with Crippen LogP contribution in [0.2, 0.25) is 0 Å². The molecule has 7 heteroatoms. The van der Waals surface area contributed by atoms with E-state index in [1.807, 2.05) is 41.3 Å². The number of carbonyl (C=O) groups is 3. The van der Waals surface area contributed by atoms with Crippen LogP contribution in [0.4, 0.5) is 0 Å². The van der Waals surface area contributed by atoms with E-state index in [9.17, 15) is 14.4 Å². The summed E-state index contributed by atoms with van der Waals surface area (Å²) in [6, 6.07) is 14.1. The first-order chi connectivity index (χ1) is 14.0. The highest BCUT2D eigenvalue weighted by Crippen LogP contribution is 2.22. The van der Waals surface area contributed by atoms with Gasteiger partial charge in [-0.2, -0.15) is 0 Å². The number of amides is 2. The second-order valence-electron chi connectivity index (χ2n) is 6.98. The van der Waals surface area contributed by atoms with E-state index in [0.29, 0.717) is 18.5 Å². The monoisotopic (exact) mass is 458 g/mol. The molecule has 1 aliphatic rings. The Bertz CT molecular complexity index is 898. The maximum atomic E-state index is 12.8. The highest BCUT2D eigenvalue weighted by atomic mass is 79.9. The van der Waals surface area contributed by atoms with Crippen LogP contribution in [-0.2, 0) is 20.9 Å². The van der Waals surface area contributed by atoms with Crippen molar-refractivity contribution in [2.45, 2.75) is 31.8 Å². The quantitative estimate of drug-likeness (QED) is 0.642. The van der Waals surface area contributed by atoms with Gasteiger partial charge in [-0.05, 0) is 41.8 Å². The first-order valence-corrected chi connectivity index (χ1v) is 10.3. The van der Waals surface area contributed by atoms with Gasteiger partial charge in [-0.15, -0.1) is 0 Å². The van der Waals surface area contributed by atoms with Gasteiger partial charge in [0, 0.05) is 29.5 Å². The first kappa shape index (κ1) is 21.0. The molecule has 1 saturated heterocycles. The van der Waals surface area contributed by atoms with Gasteiger partial charge in [0.05, 0.1) is 19.6 Å². The number of nitrogens with one attached hydrogen (secondary N) is 1. The van der Waals surface area contributed by atoms with Crippen LogP contribution in [0.15, 0.2) is 53.0 Å². The minimum absolute atomic E-state index is 0.0356. The lowest BCUT2D eigenvalue weighted by molar-refractivity contribution is -0.141. The predicted molar refractivity (Wildman–Crippen MR) is 112 cm³/mol. The topological polar surface area (TPSA) is 75.7 Å². The fourth-order valence-corrected chi connectivity index (χ4v) is 3.74. The molecule has 1 aliphatic heterocycles. The number of hydrogen-bond donors (Lipinski definition) is 1. The Kier molecular flexibility index (Phi) is 7.04. The number of methoxy groups -OCH3 is 1. The maximum Gasteiger partial charge on any atom is 0.307 e. The van der Waals surface area contributed by atoms with E-state index in [-0.39, 0.29) is 18.2 Å². The summed E-state index contributed by atoms with van der Waals surface area (Å²) in [5, 5.41) is 2.92. The van der Waals surface area contributed by atoms with Crippen molar-refractivity contribution in [1.82, 2.24) is 10.2 Å². The SMILES string of the molecule is COC(=O)CC(NC(=O)c1ccc(CN2CCCC2=O)cc1)c1cccc(Br)c1. The second-order valence-corrected chi connectivity index (χ2v) is 7.89. The van der Waals surface area contributed by atoms with Crippen LogP contribution in [0.5, 0.6) is 0 Å². The summed E-state index contributed by atoms with van der Waals surface area (Å²) in [6.07, 6.45) is 1.54. The zero-order valence-electron chi connectivity index (χ0n) is 16.2. The smallest absolute Gasteiger partial charge is 0.307 e. The minimum Gasteiger partial charge on any atom is -0.469 e. The van der Waals surface area contributed by atoms with E-state index in [4.69, 9.17) is 4.74 Å². The van der Waals surface area contributed by atoms with Crippen molar-refractivity contribution in [2.75, 3.05) is 13.7 Å². The maximum absolute atomic E-state index is 12.8. The van der Waals surface area contributed by atoms with Crippen molar-refractivity contribution in [1.29, 1.82) is 0 Å². The van der Waals surface area contributed by atoms with Crippen LogP contribution in [0.1, 0.15) is 46.8 Å². The fourth-order valence-electron chi connectivity index (χ4n) is 3.32. The van der Waals surface area contributed by atoms with Gasteiger partial charge in [0.2, 0.25) is 5.91 Å². The third-order valence-electron chi connectivity index (χ3n) is 4.92. The van der Waals surface area contributed by atoms with Gasteiger partial charge < -0.3 is 15.0 Å². The molecular formula is C22H23BrN2O4. The van der Waals surface area contributed by atoms with E-state index < -0.39 is 12.0 Å². The summed E-state index contributed by atoms with van der Waals surface area (Å²) < 4.78 is 5.63. The molecule has 152 valence electrons. The number of esters is 1. The molecule has 0 radical (unpaired) electrons. The third-order valence-corrected chi connectivity index (χ3v) is 5.41. The van der Waals surface area contributed by atoms with Crippen molar-refractivity contribution in [2.24, 2.45) is 0 Å². The normalized spacial score (nSPS) is 14.6. The largest absolute Gasteiger partial charge is 0.469 e. The zero-order valence-corrected chi connectivity index (χ0v) is 17.8. The number of ether oxygens (including phenoxy) is 1. The van der Waals surface area contributed by atoms with Gasteiger partial charge in [-0.25, -0.2) is 0 Å². The summed E-state index contributed by atoms with van der Waals surface area (Å²) in [7, 11) is 1.33. The van der Waals surface area contributed by atoms with E-state index in [1.54, 1.807) is 12.1 Å². The fraction of sp³-hybridized carbons (Fsp3) is 0.318. The van der Waals surface area contributed by atoms with Crippen LogP contribution in [0.25, 0.3) is 0 Å². The zero-order chi connectivity index (χ0) is 20.8. The van der Waals surface area contributed by atoms with Crippen molar-refractivity contribution >= 4 is 33.7 Å². The van der Waals surface area contributed by atoms with E-state index >= 15 is 0 Å². The molecular weight excluding hydrogens is 436 g/mol. The van der Waals surface area contributed by atoms with Gasteiger partial charge in [0.1, 0.15) is 0 Å². The average molecular weight is 459 g/mol. The standard InChI is InChI=1S/C22H23BrN2O4/c1-29-21(27)13-19(17-4-2-5-18(23)12-17)24-22(28)16-9-7-15(8-10-16)14-25-11-3-6-20(25)26/h2,4-5,7-10,12,19H,3,6,11,13-14H2,1H3,(H,24,28). The summed E-state index contributed by atoms with van der Waals surface area (Å²) in [4.78, 5) is 38.2. The second kappa shape index (κ2) is 9.69. The lowest BCUT2D eigenvalue weighted by Crippen LogP contribution is -2.30. The Hall–Kier alpha value is -2.67. The molecule has 2 aromatic rings. The van der Waals surface area contributed by atoms with Gasteiger partial charge in [0.15, 0.2) is 0 Å². The molecule has 0 spiro atoms. The van der Waals surface area contributed by atoms with Gasteiger partial charge in [0.25, 0.3) is 5.91 Å². The minimum atomic E-state index is -0.505. The van der Waals surface area contributed by atoms with Crippen molar-refractivity contribution in [3.05, 3.63) is 69.7 Å². The van der Waals surface area contributed by atoms with Crippen molar-refractivity contribution in [3.8, 4) is 0 Å². The molecule has 0 saturated carbocycles. The lowest BCUT2D eigenvalue weighted by Gasteiger charge is -2.19. The van der Waals surface area contributed by atoms with Crippen molar-refractivity contribution < 1.29 is 19.1 Å². The van der Waals surface area contributed by atoms with Gasteiger partial charge in [-0.3, -0.25) is 14.4 Å². The Morgan fingerprint density at radius 2 is 1.97 bits per heavy atom. The van der Waals surface area contributed by atoms with Crippen LogP contribution in [-0.4, -0.2) is 36.3 Å². The molecule has 1 atom stereocenters. The molecule has 0 bridgehead atoms. The molecule has 1 fully saturated rings. The van der Waals surface area contributed by atoms with Crippen LogP contribution in [0.3, 0.4) is 0 Å². The Morgan fingerprint density at radius 1 is 1.21 bits per heavy atom. The van der Waals surface area contributed by atoms with E-state index in [0.717, 1.165) is 28.6 Å². The summed E-state index contributed by atoms with van der Waals surface area (Å²) in [6.45, 7) is 1.34. The molecule has 29 heavy (non-hydrogen) atoms. The molecule has 6 nitrogen and oxygen atoms in total. The number of likely N-dealkylation sites (tertiary alicyclic amines) is 1. The average Bonchev–Trinajstić information content (AvgIpc) is 3.12. The van der Waals surface area contributed by atoms with Gasteiger partial charge in [-0.1, -0.05) is 40.2 Å². The summed E-state index contributed by atoms with van der Waals surface area (Å²) in [5.41, 5.74) is 2.28. The molecule has 1 unspecified atom stereocenters. The number of benzene rings is 2. The number of rotatable bonds is 7. The number of hydrogen-bond acceptors (Lipinski definition) is 4. The van der Waals surface area contributed by atoms with Crippen LogP contribution < -0.4 is 5.32 Å².